The Labute approximate surface area is 151 Å². The number of benzene rings is 2. The quantitative estimate of drug-likeness (QED) is 0.515. The number of ketones is 1. The Morgan fingerprint density at radius 3 is 2.54 bits per heavy atom. The molecule has 0 bridgehead atoms. The van der Waals surface area contributed by atoms with E-state index >= 15 is 0 Å². The van der Waals surface area contributed by atoms with Gasteiger partial charge in [-0.2, -0.15) is 0 Å². The van der Waals surface area contributed by atoms with Gasteiger partial charge in [0.25, 0.3) is 0 Å². The number of carbonyl (C=O) groups excluding carboxylic acids is 1. The van der Waals surface area contributed by atoms with Gasteiger partial charge in [0.1, 0.15) is 0 Å². The van der Waals surface area contributed by atoms with E-state index in [1.165, 1.54) is 0 Å². The molecule has 26 heavy (non-hydrogen) atoms. The van der Waals surface area contributed by atoms with Gasteiger partial charge in [0, 0.05) is 35.4 Å². The van der Waals surface area contributed by atoms with E-state index in [1.54, 1.807) is 12.4 Å². The van der Waals surface area contributed by atoms with E-state index in [1.807, 2.05) is 72.8 Å². The third kappa shape index (κ3) is 3.27. The van der Waals surface area contributed by atoms with Crippen molar-refractivity contribution in [2.75, 3.05) is 0 Å². The lowest BCUT2D eigenvalue weighted by Crippen LogP contribution is -2.28. The molecule has 0 aliphatic heterocycles. The van der Waals surface area contributed by atoms with Crippen LogP contribution in [0.3, 0.4) is 0 Å². The van der Waals surface area contributed by atoms with Crippen molar-refractivity contribution in [3.05, 3.63) is 102 Å². The van der Waals surface area contributed by atoms with Crippen LogP contribution in [0.15, 0.2) is 85.2 Å². The maximum Gasteiger partial charge on any atom is 0.186 e. The van der Waals surface area contributed by atoms with Gasteiger partial charge < -0.3 is 4.98 Å². The molecule has 4 nitrogen and oxygen atoms in total. The van der Waals surface area contributed by atoms with E-state index in [9.17, 15) is 4.79 Å². The van der Waals surface area contributed by atoms with Crippen LogP contribution in [-0.2, 0) is 6.54 Å². The number of rotatable bonds is 6. The van der Waals surface area contributed by atoms with Crippen molar-refractivity contribution in [1.29, 1.82) is 0 Å². The highest BCUT2D eigenvalue weighted by atomic mass is 16.1. The number of Topliss-reactive ketones (excluding diaryl/α,β-unsaturated/α-hetero) is 1. The highest BCUT2D eigenvalue weighted by molar-refractivity contribution is 6.10. The van der Waals surface area contributed by atoms with Crippen LogP contribution < -0.4 is 5.32 Å². The number of fused-ring (bicyclic) bond motifs is 1. The fourth-order valence-electron chi connectivity index (χ4n) is 3.15. The van der Waals surface area contributed by atoms with Gasteiger partial charge in [-0.05, 0) is 23.8 Å². The topological polar surface area (TPSA) is 57.8 Å². The first-order valence-corrected chi connectivity index (χ1v) is 8.61. The lowest BCUT2D eigenvalue weighted by atomic mass is 9.97. The Hall–Kier alpha value is -3.24. The Balaban J connectivity index is 1.67. The molecule has 0 saturated heterocycles. The molecule has 2 N–H and O–H groups in total. The molecule has 2 heterocycles. The lowest BCUT2D eigenvalue weighted by Gasteiger charge is -2.18. The predicted molar refractivity (Wildman–Crippen MR) is 103 cm³/mol. The summed E-state index contributed by atoms with van der Waals surface area (Å²) in [6.07, 6.45) is 3.56. The lowest BCUT2D eigenvalue weighted by molar-refractivity contribution is 0.0943. The Kier molecular flexibility index (Phi) is 4.58. The molecule has 0 amide bonds. The number of aromatic amines is 1. The first kappa shape index (κ1) is 16.2. The molecule has 0 aliphatic carbocycles. The summed E-state index contributed by atoms with van der Waals surface area (Å²) < 4.78 is 0. The van der Waals surface area contributed by atoms with Crippen LogP contribution in [0.1, 0.15) is 27.7 Å². The molecule has 1 atom stereocenters. The number of H-pyrrole nitrogens is 1. The maximum absolute atomic E-state index is 13.3. The van der Waals surface area contributed by atoms with Crippen LogP contribution in [0.2, 0.25) is 0 Å². The van der Waals surface area contributed by atoms with Gasteiger partial charge in [0.15, 0.2) is 5.78 Å². The molecule has 2 aromatic heterocycles. The summed E-state index contributed by atoms with van der Waals surface area (Å²) in [6, 6.07) is 23.0. The molecule has 0 spiro atoms. The van der Waals surface area contributed by atoms with E-state index in [4.69, 9.17) is 0 Å². The van der Waals surface area contributed by atoms with Crippen LogP contribution in [0.5, 0.6) is 0 Å². The van der Waals surface area contributed by atoms with E-state index in [2.05, 4.69) is 15.3 Å². The minimum Gasteiger partial charge on any atom is -0.360 e. The monoisotopic (exact) mass is 341 g/mol. The molecule has 2 aromatic carbocycles. The average Bonchev–Trinajstić information content (AvgIpc) is 3.14. The number of carbonyl (C=O) groups is 1. The normalized spacial score (nSPS) is 12.2. The maximum atomic E-state index is 13.3. The van der Waals surface area contributed by atoms with Crippen molar-refractivity contribution >= 4 is 16.7 Å². The zero-order valence-corrected chi connectivity index (χ0v) is 14.2. The largest absolute Gasteiger partial charge is 0.360 e. The summed E-state index contributed by atoms with van der Waals surface area (Å²) in [5.74, 6) is 0.0459. The van der Waals surface area contributed by atoms with Crippen LogP contribution in [0, 0.1) is 0 Å². The van der Waals surface area contributed by atoms with Gasteiger partial charge in [-0.1, -0.05) is 54.6 Å². The SMILES string of the molecule is O=C(c1c[nH]c2ccccc12)[C@@H](NCc1ccccn1)c1ccccc1. The number of hydrogen-bond donors (Lipinski definition) is 2. The minimum absolute atomic E-state index is 0.0459. The van der Waals surface area contributed by atoms with E-state index in [0.29, 0.717) is 12.1 Å². The summed E-state index contributed by atoms with van der Waals surface area (Å²) in [4.78, 5) is 20.9. The van der Waals surface area contributed by atoms with Crippen molar-refractivity contribution in [2.45, 2.75) is 12.6 Å². The van der Waals surface area contributed by atoms with Crippen molar-refractivity contribution in [3.63, 3.8) is 0 Å². The molecule has 0 saturated carbocycles. The van der Waals surface area contributed by atoms with Crippen LogP contribution in [0.4, 0.5) is 0 Å². The van der Waals surface area contributed by atoms with Gasteiger partial charge in [-0.25, -0.2) is 0 Å². The fraction of sp³-hybridized carbons (Fsp3) is 0.0909. The van der Waals surface area contributed by atoms with Crippen LogP contribution in [0.25, 0.3) is 10.9 Å². The highest BCUT2D eigenvalue weighted by Gasteiger charge is 2.24. The highest BCUT2D eigenvalue weighted by Crippen LogP contribution is 2.25. The second kappa shape index (κ2) is 7.33. The Morgan fingerprint density at radius 2 is 1.73 bits per heavy atom. The first-order chi connectivity index (χ1) is 12.8. The number of para-hydroxylation sites is 1. The summed E-state index contributed by atoms with van der Waals surface area (Å²) in [7, 11) is 0. The zero-order chi connectivity index (χ0) is 17.8. The number of nitrogens with one attached hydrogen (secondary N) is 2. The van der Waals surface area contributed by atoms with E-state index in [-0.39, 0.29) is 5.78 Å². The summed E-state index contributed by atoms with van der Waals surface area (Å²) in [5.41, 5.74) is 3.51. The third-order valence-electron chi connectivity index (χ3n) is 4.46. The van der Waals surface area contributed by atoms with Crippen molar-refractivity contribution < 1.29 is 4.79 Å². The second-order valence-corrected chi connectivity index (χ2v) is 6.16. The molecule has 4 aromatic rings. The molecule has 0 unspecified atom stereocenters. The minimum atomic E-state index is -0.433. The molecule has 128 valence electrons. The van der Waals surface area contributed by atoms with Crippen LogP contribution >= 0.6 is 0 Å². The van der Waals surface area contributed by atoms with E-state index in [0.717, 1.165) is 22.2 Å². The smallest absolute Gasteiger partial charge is 0.186 e. The van der Waals surface area contributed by atoms with Gasteiger partial charge in [0.2, 0.25) is 0 Å². The molecule has 0 radical (unpaired) electrons. The third-order valence-corrected chi connectivity index (χ3v) is 4.46. The number of aromatic nitrogens is 2. The molecular weight excluding hydrogens is 322 g/mol. The van der Waals surface area contributed by atoms with Gasteiger partial charge >= 0.3 is 0 Å². The average molecular weight is 341 g/mol. The number of pyridine rings is 1. The van der Waals surface area contributed by atoms with Crippen molar-refractivity contribution in [2.24, 2.45) is 0 Å². The summed E-state index contributed by atoms with van der Waals surface area (Å²) in [5, 5.41) is 4.32. The first-order valence-electron chi connectivity index (χ1n) is 8.61. The van der Waals surface area contributed by atoms with E-state index < -0.39 is 6.04 Å². The Morgan fingerprint density at radius 1 is 0.962 bits per heavy atom. The fourth-order valence-corrected chi connectivity index (χ4v) is 3.15. The summed E-state index contributed by atoms with van der Waals surface area (Å²) in [6.45, 7) is 0.522. The molecule has 0 fully saturated rings. The van der Waals surface area contributed by atoms with Crippen molar-refractivity contribution in [3.8, 4) is 0 Å². The van der Waals surface area contributed by atoms with Gasteiger partial charge in [-0.3, -0.25) is 15.1 Å². The molecular formula is C22H19N3O. The standard InChI is InChI=1S/C22H19N3O/c26-22(19-15-24-20-12-5-4-11-18(19)20)21(16-8-2-1-3-9-16)25-14-17-10-6-7-13-23-17/h1-13,15,21,24-25H,14H2/t21-/m0/s1. The van der Waals surface area contributed by atoms with Crippen LogP contribution in [-0.4, -0.2) is 15.8 Å². The number of hydrogen-bond acceptors (Lipinski definition) is 3. The zero-order valence-electron chi connectivity index (χ0n) is 14.2. The summed E-state index contributed by atoms with van der Waals surface area (Å²) >= 11 is 0. The number of nitrogens with zero attached hydrogens (tertiary/aromatic N) is 1. The van der Waals surface area contributed by atoms with Gasteiger partial charge in [0.05, 0.1) is 11.7 Å². The molecule has 4 heteroatoms. The molecule has 4 rings (SSSR count). The Bertz CT molecular complexity index is 1010. The predicted octanol–water partition coefficient (Wildman–Crippen LogP) is 4.28. The second-order valence-electron chi connectivity index (χ2n) is 6.16. The van der Waals surface area contributed by atoms with Crippen molar-refractivity contribution in [1.82, 2.24) is 15.3 Å². The van der Waals surface area contributed by atoms with Gasteiger partial charge in [-0.15, -0.1) is 0 Å². The molecule has 0 aliphatic rings.